The molecule has 0 heterocycles. The molecule has 0 unspecified atom stereocenters. The average molecular weight is 279 g/mol. The van der Waals surface area contributed by atoms with Crippen LogP contribution in [-0.4, -0.2) is 12.3 Å². The van der Waals surface area contributed by atoms with E-state index in [1.807, 2.05) is 22.6 Å². The first-order valence-corrected chi connectivity index (χ1v) is 4.41. The van der Waals surface area contributed by atoms with E-state index in [1.165, 1.54) is 18.2 Å². The highest BCUT2D eigenvalue weighted by Crippen LogP contribution is 2.13. The van der Waals surface area contributed by atoms with E-state index in [-0.39, 0.29) is 18.1 Å². The molecule has 0 radical (unpaired) electrons. The van der Waals surface area contributed by atoms with Crippen molar-refractivity contribution in [2.75, 3.05) is 6.54 Å². The summed E-state index contributed by atoms with van der Waals surface area (Å²) in [5, 5.41) is 0. The maximum atomic E-state index is 12.6. The summed E-state index contributed by atoms with van der Waals surface area (Å²) < 4.78 is 13.2. The van der Waals surface area contributed by atoms with Crippen LogP contribution < -0.4 is 5.73 Å². The minimum absolute atomic E-state index is 0.0400. The number of halogens is 2. The summed E-state index contributed by atoms with van der Waals surface area (Å²) in [5.74, 6) is -0.507. The van der Waals surface area contributed by atoms with Gasteiger partial charge in [-0.3, -0.25) is 4.79 Å². The third kappa shape index (κ3) is 2.01. The summed E-state index contributed by atoms with van der Waals surface area (Å²) in [5.41, 5.74) is 5.65. The van der Waals surface area contributed by atoms with Crippen molar-refractivity contribution in [3.05, 3.63) is 33.1 Å². The fourth-order valence-corrected chi connectivity index (χ4v) is 1.60. The van der Waals surface area contributed by atoms with Crippen molar-refractivity contribution in [3.8, 4) is 0 Å². The maximum Gasteiger partial charge on any atom is 0.177 e. The zero-order valence-corrected chi connectivity index (χ0v) is 8.34. The fraction of sp³-hybridized carbons (Fsp3) is 0.125. The first-order chi connectivity index (χ1) is 5.65. The van der Waals surface area contributed by atoms with Crippen molar-refractivity contribution in [2.45, 2.75) is 0 Å². The van der Waals surface area contributed by atoms with Gasteiger partial charge in [0.05, 0.1) is 6.54 Å². The number of rotatable bonds is 2. The number of carbonyl (C=O) groups is 1. The largest absolute Gasteiger partial charge is 0.324 e. The predicted molar refractivity (Wildman–Crippen MR) is 52.5 cm³/mol. The molecule has 0 spiro atoms. The van der Waals surface area contributed by atoms with E-state index >= 15 is 0 Å². The van der Waals surface area contributed by atoms with Crippen LogP contribution in [0.5, 0.6) is 0 Å². The monoisotopic (exact) mass is 279 g/mol. The number of benzene rings is 1. The molecule has 12 heavy (non-hydrogen) atoms. The van der Waals surface area contributed by atoms with E-state index in [4.69, 9.17) is 5.73 Å². The second-order valence-electron chi connectivity index (χ2n) is 2.25. The van der Waals surface area contributed by atoms with Gasteiger partial charge in [0, 0.05) is 9.13 Å². The topological polar surface area (TPSA) is 43.1 Å². The number of hydrogen-bond donors (Lipinski definition) is 1. The van der Waals surface area contributed by atoms with Crippen LogP contribution in [0.25, 0.3) is 0 Å². The van der Waals surface area contributed by atoms with Crippen LogP contribution in [0.1, 0.15) is 10.4 Å². The highest BCUT2D eigenvalue weighted by atomic mass is 127. The fourth-order valence-electron chi connectivity index (χ4n) is 0.826. The Morgan fingerprint density at radius 3 is 2.75 bits per heavy atom. The van der Waals surface area contributed by atoms with Gasteiger partial charge < -0.3 is 5.73 Å². The molecule has 0 amide bonds. The molecule has 0 saturated carbocycles. The molecule has 0 aromatic heterocycles. The van der Waals surface area contributed by atoms with Gasteiger partial charge in [0.1, 0.15) is 5.82 Å². The second-order valence-corrected chi connectivity index (χ2v) is 3.41. The summed E-state index contributed by atoms with van der Waals surface area (Å²) in [6, 6.07) is 4.01. The van der Waals surface area contributed by atoms with Crippen LogP contribution >= 0.6 is 22.6 Å². The summed E-state index contributed by atoms with van der Waals surface area (Å²) in [4.78, 5) is 11.1. The van der Waals surface area contributed by atoms with Crippen molar-refractivity contribution < 1.29 is 9.18 Å². The zero-order chi connectivity index (χ0) is 9.14. The lowest BCUT2D eigenvalue weighted by molar-refractivity contribution is 0.100. The van der Waals surface area contributed by atoms with Crippen molar-refractivity contribution in [1.82, 2.24) is 0 Å². The van der Waals surface area contributed by atoms with Crippen molar-refractivity contribution in [3.63, 3.8) is 0 Å². The molecule has 0 saturated heterocycles. The molecule has 0 fully saturated rings. The SMILES string of the molecule is NCC(=O)c1ccc(F)cc1I. The van der Waals surface area contributed by atoms with Gasteiger partial charge in [-0.1, -0.05) is 0 Å². The molecule has 0 aliphatic rings. The Morgan fingerprint density at radius 2 is 2.25 bits per heavy atom. The molecular weight excluding hydrogens is 272 g/mol. The minimum Gasteiger partial charge on any atom is -0.324 e. The van der Waals surface area contributed by atoms with Gasteiger partial charge in [0.25, 0.3) is 0 Å². The van der Waals surface area contributed by atoms with Gasteiger partial charge in [0.15, 0.2) is 5.78 Å². The van der Waals surface area contributed by atoms with Crippen LogP contribution in [0.15, 0.2) is 18.2 Å². The van der Waals surface area contributed by atoms with Crippen LogP contribution in [-0.2, 0) is 0 Å². The standard InChI is InChI=1S/C8H7FINO/c9-5-1-2-6(7(10)3-5)8(12)4-11/h1-3H,4,11H2. The predicted octanol–water partition coefficient (Wildman–Crippen LogP) is 1.57. The number of nitrogens with two attached hydrogens (primary N) is 1. The molecule has 0 bridgehead atoms. The van der Waals surface area contributed by atoms with Crippen LogP contribution in [0.2, 0.25) is 0 Å². The van der Waals surface area contributed by atoms with Gasteiger partial charge in [-0.05, 0) is 40.8 Å². The molecule has 1 rings (SSSR count). The van der Waals surface area contributed by atoms with E-state index in [2.05, 4.69) is 0 Å². The zero-order valence-electron chi connectivity index (χ0n) is 6.18. The number of Topliss-reactive ketones (excluding diaryl/α,β-unsaturated/α-hetero) is 1. The Labute approximate surface area is 83.1 Å². The lowest BCUT2D eigenvalue weighted by atomic mass is 10.1. The van der Waals surface area contributed by atoms with Gasteiger partial charge >= 0.3 is 0 Å². The molecule has 64 valence electrons. The summed E-state index contributed by atoms with van der Waals surface area (Å²) in [6.45, 7) is -0.0400. The minimum atomic E-state index is -0.340. The molecular formula is C8H7FINO. The Hall–Kier alpha value is -0.490. The Kier molecular flexibility index (Phi) is 3.16. The quantitative estimate of drug-likeness (QED) is 0.659. The summed E-state index contributed by atoms with van der Waals surface area (Å²) in [7, 11) is 0. The van der Waals surface area contributed by atoms with Gasteiger partial charge in [-0.2, -0.15) is 0 Å². The highest BCUT2D eigenvalue weighted by molar-refractivity contribution is 14.1. The highest BCUT2D eigenvalue weighted by Gasteiger charge is 2.07. The Morgan fingerprint density at radius 1 is 1.58 bits per heavy atom. The maximum absolute atomic E-state index is 12.6. The third-order valence-electron chi connectivity index (χ3n) is 1.42. The molecule has 2 nitrogen and oxygen atoms in total. The van der Waals surface area contributed by atoms with Crippen LogP contribution in [0, 0.1) is 9.39 Å². The van der Waals surface area contributed by atoms with E-state index < -0.39 is 0 Å². The smallest absolute Gasteiger partial charge is 0.177 e. The molecule has 1 aromatic rings. The van der Waals surface area contributed by atoms with E-state index in [0.29, 0.717) is 9.13 Å². The number of carbonyl (C=O) groups excluding carboxylic acids is 1. The van der Waals surface area contributed by atoms with Gasteiger partial charge in [-0.15, -0.1) is 0 Å². The van der Waals surface area contributed by atoms with E-state index in [9.17, 15) is 9.18 Å². The number of hydrogen-bond acceptors (Lipinski definition) is 2. The molecule has 1 aromatic carbocycles. The van der Waals surface area contributed by atoms with Gasteiger partial charge in [-0.25, -0.2) is 4.39 Å². The normalized spacial score (nSPS) is 9.92. The molecule has 0 aliphatic heterocycles. The summed E-state index contributed by atoms with van der Waals surface area (Å²) >= 11 is 1.91. The van der Waals surface area contributed by atoms with Crippen molar-refractivity contribution in [2.24, 2.45) is 5.73 Å². The van der Waals surface area contributed by atoms with Crippen molar-refractivity contribution in [1.29, 1.82) is 0 Å². The second kappa shape index (κ2) is 3.95. The number of ketones is 1. The molecule has 0 atom stereocenters. The third-order valence-corrected chi connectivity index (χ3v) is 2.31. The van der Waals surface area contributed by atoms with E-state index in [0.717, 1.165) is 0 Å². The summed E-state index contributed by atoms with van der Waals surface area (Å²) in [6.07, 6.45) is 0. The Balaban J connectivity index is 3.09. The molecule has 4 heteroatoms. The van der Waals surface area contributed by atoms with Crippen LogP contribution in [0.3, 0.4) is 0 Å². The van der Waals surface area contributed by atoms with E-state index in [1.54, 1.807) is 0 Å². The first-order valence-electron chi connectivity index (χ1n) is 3.33. The lowest BCUT2D eigenvalue weighted by Crippen LogP contribution is -2.14. The molecule has 0 aliphatic carbocycles. The van der Waals surface area contributed by atoms with Crippen molar-refractivity contribution >= 4 is 28.4 Å². The first kappa shape index (κ1) is 9.60. The molecule has 2 N–H and O–H groups in total. The van der Waals surface area contributed by atoms with Crippen LogP contribution in [0.4, 0.5) is 4.39 Å². The average Bonchev–Trinajstić information content (AvgIpc) is 2.03. The lowest BCUT2D eigenvalue weighted by Gasteiger charge is -2.00. The van der Waals surface area contributed by atoms with Gasteiger partial charge in [0.2, 0.25) is 0 Å². The Bertz CT molecular complexity index is 314.